The Hall–Kier alpha value is -1.37. The monoisotopic (exact) mass is 160 g/mol. The minimum absolute atomic E-state index is 0.172. The van der Waals surface area contributed by atoms with E-state index in [1.165, 1.54) is 6.07 Å². The predicted molar refractivity (Wildman–Crippen MR) is 48.1 cm³/mol. The Morgan fingerprint density at radius 2 is 2.17 bits per heavy atom. The number of hydrogen-bond donors (Lipinski definition) is 0. The lowest BCUT2D eigenvalue weighted by atomic mass is 10.1. The molecule has 0 unspecified atom stereocenters. The fourth-order valence-electron chi connectivity index (χ4n) is 1.34. The second kappa shape index (κ2) is 2.94. The van der Waals surface area contributed by atoms with Crippen LogP contribution in [0.25, 0.3) is 5.57 Å². The molecular weight excluding hydrogens is 151 g/mol. The first kappa shape index (κ1) is 7.29. The molecule has 0 N–H and O–H groups in total. The van der Waals surface area contributed by atoms with Crippen molar-refractivity contribution in [3.63, 3.8) is 0 Å². The van der Waals surface area contributed by atoms with Gasteiger partial charge in [-0.15, -0.1) is 0 Å². The molecule has 0 saturated carbocycles. The molecule has 0 aliphatic heterocycles. The molecule has 60 valence electrons. The van der Waals surface area contributed by atoms with Gasteiger partial charge in [0.25, 0.3) is 0 Å². The molecule has 0 spiro atoms. The summed E-state index contributed by atoms with van der Waals surface area (Å²) in [5.74, 6) is -0.172. The average Bonchev–Trinajstić information content (AvgIpc) is 2.56. The average molecular weight is 160 g/mol. The molecule has 0 bridgehead atoms. The van der Waals surface area contributed by atoms with Gasteiger partial charge >= 0.3 is 0 Å². The molecule has 0 fully saturated rings. The topological polar surface area (TPSA) is 0 Å². The van der Waals surface area contributed by atoms with Crippen molar-refractivity contribution < 1.29 is 4.39 Å². The van der Waals surface area contributed by atoms with Gasteiger partial charge in [0.1, 0.15) is 5.82 Å². The van der Waals surface area contributed by atoms with E-state index in [2.05, 4.69) is 12.2 Å². The van der Waals surface area contributed by atoms with Gasteiger partial charge in [-0.05, 0) is 29.7 Å². The van der Waals surface area contributed by atoms with Crippen LogP contribution in [0.1, 0.15) is 12.0 Å². The molecule has 0 aromatic heterocycles. The Morgan fingerprint density at radius 3 is 2.83 bits per heavy atom. The van der Waals surface area contributed by atoms with E-state index in [1.807, 2.05) is 12.1 Å². The molecule has 12 heavy (non-hydrogen) atoms. The minimum Gasteiger partial charge on any atom is -0.207 e. The Morgan fingerprint density at radius 1 is 1.25 bits per heavy atom. The third kappa shape index (κ3) is 1.30. The summed E-state index contributed by atoms with van der Waals surface area (Å²) in [4.78, 5) is 0. The SMILES string of the molecule is Fc1cccc(C2=CCC=C2)c1. The first-order valence-electron chi connectivity index (χ1n) is 3.99. The van der Waals surface area contributed by atoms with Gasteiger partial charge in [0, 0.05) is 0 Å². The summed E-state index contributed by atoms with van der Waals surface area (Å²) in [6.07, 6.45) is 7.15. The predicted octanol–water partition coefficient (Wildman–Crippen LogP) is 3.17. The largest absolute Gasteiger partial charge is 0.207 e. The normalized spacial score (nSPS) is 14.9. The fraction of sp³-hybridized carbons (Fsp3) is 0.0909. The summed E-state index contributed by atoms with van der Waals surface area (Å²) in [7, 11) is 0. The van der Waals surface area contributed by atoms with Crippen LogP contribution in [0.3, 0.4) is 0 Å². The summed E-state index contributed by atoms with van der Waals surface area (Å²) < 4.78 is 12.8. The van der Waals surface area contributed by atoms with Crippen molar-refractivity contribution in [2.45, 2.75) is 6.42 Å². The molecule has 0 radical (unpaired) electrons. The molecule has 0 heterocycles. The van der Waals surface area contributed by atoms with Gasteiger partial charge in [0.15, 0.2) is 0 Å². The Balaban J connectivity index is 2.40. The Bertz CT molecular complexity index is 348. The van der Waals surface area contributed by atoms with Gasteiger partial charge in [0.2, 0.25) is 0 Å². The highest BCUT2D eigenvalue weighted by Crippen LogP contribution is 2.21. The van der Waals surface area contributed by atoms with Crippen molar-refractivity contribution in [2.75, 3.05) is 0 Å². The van der Waals surface area contributed by atoms with Gasteiger partial charge in [-0.2, -0.15) is 0 Å². The van der Waals surface area contributed by atoms with Crippen molar-refractivity contribution in [2.24, 2.45) is 0 Å². The maximum absolute atomic E-state index is 12.8. The first-order valence-corrected chi connectivity index (χ1v) is 3.99. The maximum Gasteiger partial charge on any atom is 0.123 e. The zero-order valence-electron chi connectivity index (χ0n) is 6.63. The molecule has 1 aliphatic rings. The fourth-order valence-corrected chi connectivity index (χ4v) is 1.34. The van der Waals surface area contributed by atoms with Crippen molar-refractivity contribution in [1.29, 1.82) is 0 Å². The molecule has 0 nitrogen and oxygen atoms in total. The molecule has 1 heteroatoms. The molecule has 1 aromatic carbocycles. The summed E-state index contributed by atoms with van der Waals surface area (Å²) >= 11 is 0. The summed E-state index contributed by atoms with van der Waals surface area (Å²) in [6.45, 7) is 0. The lowest BCUT2D eigenvalue weighted by molar-refractivity contribution is 0.627. The van der Waals surface area contributed by atoms with Crippen LogP contribution in [0, 0.1) is 5.82 Å². The number of allylic oxidation sites excluding steroid dienone is 4. The van der Waals surface area contributed by atoms with Crippen molar-refractivity contribution in [3.8, 4) is 0 Å². The minimum atomic E-state index is -0.172. The zero-order chi connectivity index (χ0) is 8.39. The zero-order valence-corrected chi connectivity index (χ0v) is 6.63. The van der Waals surface area contributed by atoms with Gasteiger partial charge in [0.05, 0.1) is 0 Å². The van der Waals surface area contributed by atoms with Gasteiger partial charge < -0.3 is 0 Å². The molecule has 1 aliphatic carbocycles. The molecule has 2 rings (SSSR count). The van der Waals surface area contributed by atoms with Crippen LogP contribution in [0.15, 0.2) is 42.5 Å². The second-order valence-corrected chi connectivity index (χ2v) is 2.81. The van der Waals surface area contributed by atoms with Crippen LogP contribution in [0.2, 0.25) is 0 Å². The molecule has 0 saturated heterocycles. The molecule has 0 atom stereocenters. The van der Waals surface area contributed by atoms with E-state index in [0.717, 1.165) is 17.6 Å². The standard InChI is InChI=1S/C11H9F/c12-11-7-3-6-10(8-11)9-4-1-2-5-9/h1,3-8H,2H2. The highest BCUT2D eigenvalue weighted by atomic mass is 19.1. The van der Waals surface area contributed by atoms with E-state index in [4.69, 9.17) is 0 Å². The Kier molecular flexibility index (Phi) is 1.78. The van der Waals surface area contributed by atoms with Gasteiger partial charge in [-0.1, -0.05) is 30.4 Å². The number of hydrogen-bond acceptors (Lipinski definition) is 0. The van der Waals surface area contributed by atoms with Crippen LogP contribution in [-0.4, -0.2) is 0 Å². The first-order chi connectivity index (χ1) is 5.86. The quantitative estimate of drug-likeness (QED) is 0.592. The van der Waals surface area contributed by atoms with E-state index < -0.39 is 0 Å². The van der Waals surface area contributed by atoms with Gasteiger partial charge in [-0.3, -0.25) is 0 Å². The van der Waals surface area contributed by atoms with Crippen LogP contribution >= 0.6 is 0 Å². The van der Waals surface area contributed by atoms with Crippen molar-refractivity contribution in [1.82, 2.24) is 0 Å². The smallest absolute Gasteiger partial charge is 0.123 e. The highest BCUT2D eigenvalue weighted by Gasteiger charge is 2.01. The van der Waals surface area contributed by atoms with Gasteiger partial charge in [-0.25, -0.2) is 4.39 Å². The maximum atomic E-state index is 12.8. The van der Waals surface area contributed by atoms with Crippen LogP contribution in [0.4, 0.5) is 4.39 Å². The summed E-state index contributed by atoms with van der Waals surface area (Å²) in [5.41, 5.74) is 2.08. The molecule has 1 aromatic rings. The summed E-state index contributed by atoms with van der Waals surface area (Å²) in [6, 6.07) is 6.67. The number of halogens is 1. The number of rotatable bonds is 1. The van der Waals surface area contributed by atoms with Crippen LogP contribution < -0.4 is 0 Å². The van der Waals surface area contributed by atoms with Crippen LogP contribution in [-0.2, 0) is 0 Å². The van der Waals surface area contributed by atoms with E-state index in [-0.39, 0.29) is 5.82 Å². The lowest BCUT2D eigenvalue weighted by Gasteiger charge is -1.98. The van der Waals surface area contributed by atoms with E-state index >= 15 is 0 Å². The van der Waals surface area contributed by atoms with E-state index in [9.17, 15) is 4.39 Å². The summed E-state index contributed by atoms with van der Waals surface area (Å²) in [5, 5.41) is 0. The third-order valence-corrected chi connectivity index (χ3v) is 1.93. The van der Waals surface area contributed by atoms with Crippen molar-refractivity contribution in [3.05, 3.63) is 53.9 Å². The van der Waals surface area contributed by atoms with E-state index in [0.29, 0.717) is 0 Å². The lowest BCUT2D eigenvalue weighted by Crippen LogP contribution is -1.80. The second-order valence-electron chi connectivity index (χ2n) is 2.81. The van der Waals surface area contributed by atoms with E-state index in [1.54, 1.807) is 12.1 Å². The van der Waals surface area contributed by atoms with Crippen LogP contribution in [0.5, 0.6) is 0 Å². The van der Waals surface area contributed by atoms with Crippen molar-refractivity contribution >= 4 is 5.57 Å². The third-order valence-electron chi connectivity index (χ3n) is 1.93. The molecule has 0 amide bonds. The highest BCUT2D eigenvalue weighted by molar-refractivity contribution is 5.76. The number of benzene rings is 1. The Labute approximate surface area is 71.0 Å². The molecular formula is C11H9F.